The lowest BCUT2D eigenvalue weighted by atomic mass is 10.1. The Morgan fingerprint density at radius 2 is 2.24 bits per heavy atom. The minimum atomic E-state index is 0.436. The van der Waals surface area contributed by atoms with Crippen molar-refractivity contribution in [3.63, 3.8) is 0 Å². The van der Waals surface area contributed by atoms with Crippen LogP contribution in [0.4, 0.5) is 0 Å². The van der Waals surface area contributed by atoms with Crippen LogP contribution in [0, 0.1) is 0 Å². The largest absolute Gasteiger partial charge is 0.468 e. The summed E-state index contributed by atoms with van der Waals surface area (Å²) in [5.41, 5.74) is 1.83. The molecule has 0 atom stereocenters. The van der Waals surface area contributed by atoms with E-state index in [-0.39, 0.29) is 0 Å². The number of rotatable bonds is 2. The molecule has 0 bridgehead atoms. The molecule has 2 aromatic heterocycles. The van der Waals surface area contributed by atoms with Gasteiger partial charge >= 0.3 is 0 Å². The number of ether oxygens (including phenoxy) is 1. The highest BCUT2D eigenvalue weighted by atomic mass is 16.5. The van der Waals surface area contributed by atoms with Gasteiger partial charge in [-0.25, -0.2) is 4.98 Å². The third kappa shape index (κ3) is 1.76. The molecule has 0 unspecified atom stereocenters. The summed E-state index contributed by atoms with van der Waals surface area (Å²) in [5.74, 6) is 0. The van der Waals surface area contributed by atoms with Crippen molar-refractivity contribution in [3.8, 4) is 6.01 Å². The SMILES string of the molecule is COc1nc2cccnc2n1C1CCNCC1. The summed E-state index contributed by atoms with van der Waals surface area (Å²) in [4.78, 5) is 8.89. The van der Waals surface area contributed by atoms with Crippen LogP contribution >= 0.6 is 0 Å². The maximum Gasteiger partial charge on any atom is 0.298 e. The zero-order chi connectivity index (χ0) is 11.7. The molecule has 2 aromatic rings. The summed E-state index contributed by atoms with van der Waals surface area (Å²) >= 11 is 0. The van der Waals surface area contributed by atoms with E-state index in [0.717, 1.165) is 37.1 Å². The maximum absolute atomic E-state index is 5.37. The average Bonchev–Trinajstić information content (AvgIpc) is 2.78. The quantitative estimate of drug-likeness (QED) is 0.849. The summed E-state index contributed by atoms with van der Waals surface area (Å²) in [6, 6.07) is 4.99. The fraction of sp³-hybridized carbons (Fsp3) is 0.500. The van der Waals surface area contributed by atoms with Gasteiger partial charge in [0.1, 0.15) is 5.52 Å². The van der Waals surface area contributed by atoms with Crippen LogP contribution in [-0.2, 0) is 0 Å². The Morgan fingerprint density at radius 1 is 1.41 bits per heavy atom. The topological polar surface area (TPSA) is 52.0 Å². The fourth-order valence-electron chi connectivity index (χ4n) is 2.45. The van der Waals surface area contributed by atoms with Crippen molar-refractivity contribution in [3.05, 3.63) is 18.3 Å². The molecular formula is C12H16N4O. The predicted octanol–water partition coefficient (Wildman–Crippen LogP) is 1.36. The number of piperidine rings is 1. The van der Waals surface area contributed by atoms with E-state index in [1.165, 1.54) is 0 Å². The van der Waals surface area contributed by atoms with Gasteiger partial charge < -0.3 is 10.1 Å². The Balaban J connectivity index is 2.11. The summed E-state index contributed by atoms with van der Waals surface area (Å²) in [7, 11) is 1.67. The highest BCUT2D eigenvalue weighted by Gasteiger charge is 2.22. The Hall–Kier alpha value is -1.62. The highest BCUT2D eigenvalue weighted by molar-refractivity contribution is 5.72. The Kier molecular flexibility index (Phi) is 2.68. The molecule has 3 rings (SSSR count). The number of aromatic nitrogens is 3. The molecule has 1 aliphatic heterocycles. The van der Waals surface area contributed by atoms with Crippen LogP contribution in [0.25, 0.3) is 11.2 Å². The number of methoxy groups -OCH3 is 1. The molecule has 0 spiro atoms. The van der Waals surface area contributed by atoms with Crippen molar-refractivity contribution in [2.24, 2.45) is 0 Å². The van der Waals surface area contributed by atoms with E-state index < -0.39 is 0 Å². The molecule has 1 saturated heterocycles. The Labute approximate surface area is 99.8 Å². The van der Waals surface area contributed by atoms with Crippen LogP contribution in [0.3, 0.4) is 0 Å². The molecule has 0 radical (unpaired) electrons. The number of fused-ring (bicyclic) bond motifs is 1. The molecular weight excluding hydrogens is 216 g/mol. The van der Waals surface area contributed by atoms with Gasteiger partial charge in [-0.2, -0.15) is 4.98 Å². The lowest BCUT2D eigenvalue weighted by Gasteiger charge is -2.24. The van der Waals surface area contributed by atoms with E-state index in [2.05, 4.69) is 19.9 Å². The zero-order valence-corrected chi connectivity index (χ0v) is 9.89. The molecule has 90 valence electrons. The van der Waals surface area contributed by atoms with Gasteiger partial charge in [-0.05, 0) is 38.1 Å². The minimum absolute atomic E-state index is 0.436. The summed E-state index contributed by atoms with van der Waals surface area (Å²) in [6.07, 6.45) is 4.00. The van der Waals surface area contributed by atoms with Crippen LogP contribution in [0.15, 0.2) is 18.3 Å². The van der Waals surface area contributed by atoms with E-state index >= 15 is 0 Å². The van der Waals surface area contributed by atoms with Gasteiger partial charge in [-0.3, -0.25) is 4.57 Å². The second-order valence-electron chi connectivity index (χ2n) is 4.30. The number of pyridine rings is 1. The van der Waals surface area contributed by atoms with E-state index in [9.17, 15) is 0 Å². The monoisotopic (exact) mass is 232 g/mol. The van der Waals surface area contributed by atoms with Crippen LogP contribution in [0.2, 0.25) is 0 Å². The molecule has 5 nitrogen and oxygen atoms in total. The van der Waals surface area contributed by atoms with Gasteiger partial charge in [0.2, 0.25) is 0 Å². The second-order valence-corrected chi connectivity index (χ2v) is 4.30. The number of nitrogens with one attached hydrogen (secondary N) is 1. The second kappa shape index (κ2) is 4.33. The molecule has 0 saturated carbocycles. The molecule has 3 heterocycles. The number of hydrogen-bond acceptors (Lipinski definition) is 4. The van der Waals surface area contributed by atoms with Gasteiger partial charge in [-0.1, -0.05) is 0 Å². The Bertz CT molecular complexity index is 516. The first-order valence-electron chi connectivity index (χ1n) is 5.98. The molecule has 1 fully saturated rings. The normalized spacial score (nSPS) is 17.5. The predicted molar refractivity (Wildman–Crippen MR) is 65.2 cm³/mol. The molecule has 5 heteroatoms. The van der Waals surface area contributed by atoms with Gasteiger partial charge in [0.15, 0.2) is 5.65 Å². The number of imidazole rings is 1. The number of nitrogens with zero attached hydrogens (tertiary/aromatic N) is 3. The number of hydrogen-bond donors (Lipinski definition) is 1. The third-order valence-corrected chi connectivity index (χ3v) is 3.27. The van der Waals surface area contributed by atoms with Crippen molar-refractivity contribution in [2.75, 3.05) is 20.2 Å². The van der Waals surface area contributed by atoms with Crippen LogP contribution in [0.5, 0.6) is 6.01 Å². The minimum Gasteiger partial charge on any atom is -0.468 e. The summed E-state index contributed by atoms with van der Waals surface area (Å²) < 4.78 is 7.51. The molecule has 1 aliphatic rings. The van der Waals surface area contributed by atoms with Gasteiger partial charge in [0, 0.05) is 12.2 Å². The van der Waals surface area contributed by atoms with Gasteiger partial charge in [-0.15, -0.1) is 0 Å². The first-order chi connectivity index (χ1) is 8.40. The van der Waals surface area contributed by atoms with Crippen molar-refractivity contribution in [2.45, 2.75) is 18.9 Å². The van der Waals surface area contributed by atoms with Crippen LogP contribution in [0.1, 0.15) is 18.9 Å². The van der Waals surface area contributed by atoms with E-state index in [0.29, 0.717) is 12.1 Å². The first kappa shape index (κ1) is 10.5. The molecule has 0 aliphatic carbocycles. The zero-order valence-electron chi connectivity index (χ0n) is 9.89. The average molecular weight is 232 g/mol. The van der Waals surface area contributed by atoms with Gasteiger partial charge in [0.25, 0.3) is 6.01 Å². The lowest BCUT2D eigenvalue weighted by molar-refractivity contribution is 0.305. The van der Waals surface area contributed by atoms with Crippen molar-refractivity contribution >= 4 is 11.2 Å². The molecule has 0 aromatic carbocycles. The summed E-state index contributed by atoms with van der Waals surface area (Å²) in [6.45, 7) is 2.08. The molecule has 17 heavy (non-hydrogen) atoms. The highest BCUT2D eigenvalue weighted by Crippen LogP contribution is 2.29. The van der Waals surface area contributed by atoms with E-state index in [1.54, 1.807) is 13.3 Å². The van der Waals surface area contributed by atoms with Gasteiger partial charge in [0.05, 0.1) is 7.11 Å². The molecule has 1 N–H and O–H groups in total. The maximum atomic E-state index is 5.37. The summed E-state index contributed by atoms with van der Waals surface area (Å²) in [5, 5.41) is 3.37. The Morgan fingerprint density at radius 3 is 3.00 bits per heavy atom. The lowest BCUT2D eigenvalue weighted by Crippen LogP contribution is -2.29. The van der Waals surface area contributed by atoms with Crippen LogP contribution in [-0.4, -0.2) is 34.7 Å². The molecule has 0 amide bonds. The van der Waals surface area contributed by atoms with Crippen molar-refractivity contribution < 1.29 is 4.74 Å². The third-order valence-electron chi connectivity index (χ3n) is 3.27. The van der Waals surface area contributed by atoms with E-state index in [4.69, 9.17) is 4.74 Å². The van der Waals surface area contributed by atoms with Crippen LogP contribution < -0.4 is 10.1 Å². The van der Waals surface area contributed by atoms with Crippen molar-refractivity contribution in [1.82, 2.24) is 19.9 Å². The standard InChI is InChI=1S/C12H16N4O/c1-17-12-15-10-3-2-6-14-11(10)16(12)9-4-7-13-8-5-9/h2-3,6,9,13H,4-5,7-8H2,1H3. The first-order valence-corrected chi connectivity index (χ1v) is 5.98. The smallest absolute Gasteiger partial charge is 0.298 e. The van der Waals surface area contributed by atoms with E-state index in [1.807, 2.05) is 12.1 Å². The fourth-order valence-corrected chi connectivity index (χ4v) is 2.45. The van der Waals surface area contributed by atoms with Crippen molar-refractivity contribution in [1.29, 1.82) is 0 Å².